The quantitative estimate of drug-likeness (QED) is 0.804. The summed E-state index contributed by atoms with van der Waals surface area (Å²) in [5.74, 6) is -0.222. The van der Waals surface area contributed by atoms with Crippen molar-refractivity contribution in [1.82, 2.24) is 10.2 Å². The first kappa shape index (κ1) is 17.7. The molecule has 2 unspecified atom stereocenters. The minimum absolute atomic E-state index is 0.178. The maximum absolute atomic E-state index is 13.4. The average molecular weight is 340 g/mol. The zero-order valence-corrected chi connectivity index (χ0v) is 14.1. The fourth-order valence-electron chi connectivity index (χ4n) is 2.56. The van der Waals surface area contributed by atoms with Gasteiger partial charge in [0.1, 0.15) is 17.2 Å². The number of rotatable bonds is 6. The molecule has 2 amide bonds. The Hall–Kier alpha value is -1.60. The molecule has 0 bridgehead atoms. The van der Waals surface area contributed by atoms with Crippen LogP contribution in [0.3, 0.4) is 0 Å². The summed E-state index contributed by atoms with van der Waals surface area (Å²) in [4.78, 5) is 25.9. The molecule has 1 N–H and O–H groups in total. The largest absolute Gasteiger partial charge is 0.385 e. The van der Waals surface area contributed by atoms with E-state index >= 15 is 0 Å². The number of benzene rings is 1. The number of methoxy groups -OCH3 is 1. The summed E-state index contributed by atoms with van der Waals surface area (Å²) in [5, 5.41) is 2.49. The molecular weight excluding hydrogens is 319 g/mol. The summed E-state index contributed by atoms with van der Waals surface area (Å²) < 4.78 is 18.4. The average Bonchev–Trinajstić information content (AvgIpc) is 2.96. The summed E-state index contributed by atoms with van der Waals surface area (Å²) in [6.45, 7) is 2.51. The third-order valence-electron chi connectivity index (χ3n) is 3.62. The second kappa shape index (κ2) is 8.31. The van der Waals surface area contributed by atoms with Gasteiger partial charge in [-0.2, -0.15) is 0 Å². The van der Waals surface area contributed by atoms with Crippen molar-refractivity contribution < 1.29 is 18.7 Å². The Morgan fingerprint density at radius 2 is 2.26 bits per heavy atom. The lowest BCUT2D eigenvalue weighted by Crippen LogP contribution is -2.47. The molecule has 126 valence electrons. The van der Waals surface area contributed by atoms with Crippen LogP contribution in [0.2, 0.25) is 0 Å². The second-order valence-corrected chi connectivity index (χ2v) is 6.43. The Morgan fingerprint density at radius 3 is 2.91 bits per heavy atom. The molecule has 1 fully saturated rings. The number of halogens is 1. The van der Waals surface area contributed by atoms with Gasteiger partial charge in [-0.1, -0.05) is 12.1 Å². The highest BCUT2D eigenvalue weighted by Crippen LogP contribution is 2.41. The van der Waals surface area contributed by atoms with Crippen molar-refractivity contribution in [3.8, 4) is 0 Å². The number of hydrogen-bond donors (Lipinski definition) is 1. The lowest BCUT2D eigenvalue weighted by atomic mass is 10.1. The highest BCUT2D eigenvalue weighted by molar-refractivity contribution is 7.99. The summed E-state index contributed by atoms with van der Waals surface area (Å²) in [6, 6.07) is 5.62. The minimum atomic E-state index is -0.534. The predicted octanol–water partition coefficient (Wildman–Crippen LogP) is 1.94. The maximum Gasteiger partial charge on any atom is 0.243 e. The van der Waals surface area contributed by atoms with Crippen molar-refractivity contribution in [2.24, 2.45) is 0 Å². The maximum atomic E-state index is 13.4. The van der Waals surface area contributed by atoms with Gasteiger partial charge in [-0.05, 0) is 24.1 Å². The van der Waals surface area contributed by atoms with Crippen molar-refractivity contribution in [2.75, 3.05) is 26.0 Å². The highest BCUT2D eigenvalue weighted by atomic mass is 32.2. The molecule has 2 atom stereocenters. The van der Waals surface area contributed by atoms with Gasteiger partial charge >= 0.3 is 0 Å². The van der Waals surface area contributed by atoms with Crippen molar-refractivity contribution in [3.63, 3.8) is 0 Å². The van der Waals surface area contributed by atoms with E-state index in [1.165, 1.54) is 35.7 Å². The monoisotopic (exact) mass is 340 g/mol. The van der Waals surface area contributed by atoms with Crippen LogP contribution in [0, 0.1) is 5.82 Å². The van der Waals surface area contributed by atoms with E-state index in [4.69, 9.17) is 4.74 Å². The second-order valence-electron chi connectivity index (χ2n) is 5.32. The Kier molecular flexibility index (Phi) is 6.41. The molecule has 1 aliphatic heterocycles. The first-order valence-electron chi connectivity index (χ1n) is 7.47. The van der Waals surface area contributed by atoms with Gasteiger partial charge in [-0.25, -0.2) is 4.39 Å². The molecule has 0 aromatic heterocycles. The molecule has 0 saturated carbocycles. The SMILES string of the molecule is COCCCNC(=O)C1CSC(c2cccc(F)c2)N1C(C)=O. The van der Waals surface area contributed by atoms with Crippen LogP contribution in [0.5, 0.6) is 0 Å². The molecule has 1 saturated heterocycles. The number of nitrogens with one attached hydrogen (secondary N) is 1. The van der Waals surface area contributed by atoms with Crippen LogP contribution in [-0.2, 0) is 14.3 Å². The molecule has 1 aromatic carbocycles. The van der Waals surface area contributed by atoms with Crippen LogP contribution >= 0.6 is 11.8 Å². The van der Waals surface area contributed by atoms with Gasteiger partial charge in [-0.3, -0.25) is 9.59 Å². The molecule has 0 spiro atoms. The number of carbonyl (C=O) groups excluding carboxylic acids is 2. The van der Waals surface area contributed by atoms with Crippen molar-refractivity contribution in [1.29, 1.82) is 0 Å². The number of thioether (sulfide) groups is 1. The van der Waals surface area contributed by atoms with Crippen LogP contribution < -0.4 is 5.32 Å². The minimum Gasteiger partial charge on any atom is -0.385 e. The Labute approximate surface area is 139 Å². The van der Waals surface area contributed by atoms with Gasteiger partial charge in [0, 0.05) is 32.9 Å². The smallest absolute Gasteiger partial charge is 0.243 e. The molecule has 1 aromatic rings. The Morgan fingerprint density at radius 1 is 1.48 bits per heavy atom. The van der Waals surface area contributed by atoms with Crippen molar-refractivity contribution >= 4 is 23.6 Å². The summed E-state index contributed by atoms with van der Waals surface area (Å²) in [6.07, 6.45) is 0.718. The Bertz CT molecular complexity index is 570. The first-order chi connectivity index (χ1) is 11.0. The van der Waals surface area contributed by atoms with Crippen molar-refractivity contribution in [3.05, 3.63) is 35.6 Å². The van der Waals surface area contributed by atoms with Crippen LogP contribution in [0.25, 0.3) is 0 Å². The molecule has 0 aliphatic carbocycles. The zero-order valence-electron chi connectivity index (χ0n) is 13.3. The fraction of sp³-hybridized carbons (Fsp3) is 0.500. The van der Waals surface area contributed by atoms with Crippen LogP contribution in [0.4, 0.5) is 4.39 Å². The van der Waals surface area contributed by atoms with Gasteiger partial charge in [0.15, 0.2) is 0 Å². The van der Waals surface area contributed by atoms with E-state index in [0.717, 1.165) is 6.42 Å². The Balaban J connectivity index is 2.07. The number of hydrogen-bond acceptors (Lipinski definition) is 4. The summed E-state index contributed by atoms with van der Waals surface area (Å²) in [7, 11) is 1.61. The van der Waals surface area contributed by atoms with Gasteiger partial charge in [0.2, 0.25) is 11.8 Å². The predicted molar refractivity (Wildman–Crippen MR) is 87.4 cm³/mol. The summed E-state index contributed by atoms with van der Waals surface area (Å²) >= 11 is 1.47. The normalized spacial score (nSPS) is 20.6. The van der Waals surface area contributed by atoms with E-state index in [2.05, 4.69) is 5.32 Å². The van der Waals surface area contributed by atoms with E-state index < -0.39 is 6.04 Å². The van der Waals surface area contributed by atoms with Gasteiger partial charge in [0.25, 0.3) is 0 Å². The summed E-state index contributed by atoms with van der Waals surface area (Å²) in [5.41, 5.74) is 0.694. The first-order valence-corrected chi connectivity index (χ1v) is 8.52. The highest BCUT2D eigenvalue weighted by Gasteiger charge is 2.40. The van der Waals surface area contributed by atoms with E-state index in [9.17, 15) is 14.0 Å². The van der Waals surface area contributed by atoms with Crippen LogP contribution in [0.15, 0.2) is 24.3 Å². The molecular formula is C16H21FN2O3S. The zero-order chi connectivity index (χ0) is 16.8. The molecule has 0 radical (unpaired) electrons. The number of nitrogens with zero attached hydrogens (tertiary/aromatic N) is 1. The van der Waals surface area contributed by atoms with E-state index in [0.29, 0.717) is 24.5 Å². The number of ether oxygens (including phenoxy) is 1. The molecule has 1 aliphatic rings. The molecule has 23 heavy (non-hydrogen) atoms. The molecule has 7 heteroatoms. The van der Waals surface area contributed by atoms with E-state index in [1.54, 1.807) is 19.2 Å². The van der Waals surface area contributed by atoms with Gasteiger partial charge in [0.05, 0.1) is 0 Å². The van der Waals surface area contributed by atoms with Gasteiger partial charge in [-0.15, -0.1) is 11.8 Å². The van der Waals surface area contributed by atoms with Gasteiger partial charge < -0.3 is 15.0 Å². The van der Waals surface area contributed by atoms with E-state index in [-0.39, 0.29) is 23.0 Å². The standard InChI is InChI=1S/C16H21FN2O3S/c1-11(20)19-14(15(21)18-7-4-8-22-2)10-23-16(19)12-5-3-6-13(17)9-12/h3,5-6,9,14,16H,4,7-8,10H2,1-2H3,(H,18,21). The van der Waals surface area contributed by atoms with Crippen molar-refractivity contribution in [2.45, 2.75) is 24.8 Å². The molecule has 5 nitrogen and oxygen atoms in total. The topological polar surface area (TPSA) is 58.6 Å². The third-order valence-corrected chi connectivity index (χ3v) is 4.95. The third kappa shape index (κ3) is 4.45. The number of amides is 2. The molecule has 1 heterocycles. The van der Waals surface area contributed by atoms with Crippen LogP contribution in [0.1, 0.15) is 24.3 Å². The lowest BCUT2D eigenvalue weighted by molar-refractivity contribution is -0.138. The molecule has 2 rings (SSSR count). The lowest BCUT2D eigenvalue weighted by Gasteiger charge is -2.28. The van der Waals surface area contributed by atoms with E-state index in [1.807, 2.05) is 0 Å². The van der Waals surface area contributed by atoms with Crippen LogP contribution in [-0.4, -0.2) is 48.8 Å². The fourth-order valence-corrected chi connectivity index (χ4v) is 4.03. The number of carbonyl (C=O) groups is 2.